The molecule has 0 radical (unpaired) electrons. The number of aliphatic hydroxyl groups is 1. The Hall–Kier alpha value is -1.18. The van der Waals surface area contributed by atoms with Gasteiger partial charge in [-0.25, -0.2) is 4.39 Å². The van der Waals surface area contributed by atoms with Gasteiger partial charge in [-0.2, -0.15) is 0 Å². The lowest BCUT2D eigenvalue weighted by molar-refractivity contribution is 0.246. The summed E-state index contributed by atoms with van der Waals surface area (Å²) >= 11 is 0. The predicted octanol–water partition coefficient (Wildman–Crippen LogP) is 1.65. The van der Waals surface area contributed by atoms with E-state index in [1.165, 1.54) is 18.2 Å². The number of H-pyrrole nitrogens is 1. The van der Waals surface area contributed by atoms with E-state index in [0.29, 0.717) is 23.9 Å². The Bertz CT molecular complexity index is 741. The van der Waals surface area contributed by atoms with Crippen molar-refractivity contribution in [1.82, 2.24) is 9.88 Å². The maximum atomic E-state index is 13.2. The molecule has 1 aliphatic heterocycles. The first kappa shape index (κ1) is 20.9. The lowest BCUT2D eigenvalue weighted by atomic mass is 10.0. The van der Waals surface area contributed by atoms with Crippen molar-refractivity contribution in [2.24, 2.45) is 11.7 Å². The first-order chi connectivity index (χ1) is 10.6. The predicted molar refractivity (Wildman–Crippen MR) is 97.5 cm³/mol. The van der Waals surface area contributed by atoms with Crippen LogP contribution in [0, 0.1) is 11.7 Å². The lowest BCUT2D eigenvalue weighted by Gasteiger charge is -2.15. The third-order valence-corrected chi connectivity index (χ3v) is 4.31. The number of rotatable bonds is 4. The minimum absolute atomic E-state index is 0. The fourth-order valence-electron chi connectivity index (χ4n) is 3.19. The number of likely N-dealkylation sites (tertiary alicyclic amines) is 1. The van der Waals surface area contributed by atoms with Crippen molar-refractivity contribution in [3.63, 3.8) is 0 Å². The second kappa shape index (κ2) is 8.78. The highest BCUT2D eigenvalue weighted by Crippen LogP contribution is 2.20. The highest BCUT2D eigenvalue weighted by atomic mass is 35.5. The first-order valence-electron chi connectivity index (χ1n) is 7.47. The molecule has 1 fully saturated rings. The van der Waals surface area contributed by atoms with Gasteiger partial charge in [0.1, 0.15) is 5.82 Å². The van der Waals surface area contributed by atoms with Crippen molar-refractivity contribution in [2.75, 3.05) is 19.7 Å². The number of benzene rings is 1. The monoisotopic (exact) mass is 377 g/mol. The molecule has 1 aromatic carbocycles. The minimum atomic E-state index is -0.414. The Morgan fingerprint density at radius 2 is 2.04 bits per heavy atom. The van der Waals surface area contributed by atoms with Gasteiger partial charge in [-0.05, 0) is 30.5 Å². The third-order valence-electron chi connectivity index (χ3n) is 4.31. The van der Waals surface area contributed by atoms with Crippen LogP contribution in [0.25, 0.3) is 10.9 Å². The normalized spacial score (nSPS) is 20.6. The van der Waals surface area contributed by atoms with Gasteiger partial charge in [0.15, 0.2) is 5.43 Å². The van der Waals surface area contributed by atoms with Crippen molar-refractivity contribution >= 4 is 35.7 Å². The second-order valence-electron chi connectivity index (χ2n) is 5.98. The Kier molecular flexibility index (Phi) is 7.63. The number of hydrogen-bond acceptors (Lipinski definition) is 4. The zero-order valence-corrected chi connectivity index (χ0v) is 14.7. The van der Waals surface area contributed by atoms with Crippen molar-refractivity contribution in [2.45, 2.75) is 19.0 Å². The molecule has 0 aliphatic carbocycles. The maximum absolute atomic E-state index is 13.2. The number of fused-ring (bicyclic) bond motifs is 1. The van der Waals surface area contributed by atoms with Crippen molar-refractivity contribution in [3.8, 4) is 0 Å². The second-order valence-corrected chi connectivity index (χ2v) is 5.98. The number of hydrogen-bond donors (Lipinski definition) is 3. The molecule has 2 heterocycles. The van der Waals surface area contributed by atoms with E-state index in [1.54, 1.807) is 6.07 Å². The molecular weight excluding hydrogens is 356 g/mol. The van der Waals surface area contributed by atoms with Crippen LogP contribution in [-0.2, 0) is 6.54 Å². The molecule has 2 atom stereocenters. The van der Waals surface area contributed by atoms with Crippen molar-refractivity contribution in [1.29, 1.82) is 0 Å². The van der Waals surface area contributed by atoms with Crippen LogP contribution < -0.4 is 11.2 Å². The van der Waals surface area contributed by atoms with Crippen LogP contribution in [0.15, 0.2) is 29.1 Å². The summed E-state index contributed by atoms with van der Waals surface area (Å²) in [6.45, 7) is 2.29. The van der Waals surface area contributed by atoms with Gasteiger partial charge in [0.05, 0.1) is 0 Å². The molecule has 2 aromatic rings. The Morgan fingerprint density at radius 1 is 1.29 bits per heavy atom. The highest BCUT2D eigenvalue weighted by molar-refractivity contribution is 5.85. The molecule has 1 aromatic heterocycles. The topological polar surface area (TPSA) is 82.3 Å². The quantitative estimate of drug-likeness (QED) is 0.756. The zero-order valence-electron chi connectivity index (χ0n) is 13.1. The molecule has 1 saturated heterocycles. The molecule has 5 nitrogen and oxygen atoms in total. The Labute approximate surface area is 151 Å². The van der Waals surface area contributed by atoms with E-state index in [0.717, 1.165) is 18.8 Å². The summed E-state index contributed by atoms with van der Waals surface area (Å²) in [4.78, 5) is 17.5. The third kappa shape index (κ3) is 4.46. The Balaban J connectivity index is 0.00000144. The van der Waals surface area contributed by atoms with Gasteiger partial charge >= 0.3 is 0 Å². The van der Waals surface area contributed by atoms with Gasteiger partial charge in [-0.1, -0.05) is 0 Å². The molecule has 8 heteroatoms. The SMILES string of the molecule is Cl.Cl.N[C@H]1CN(Cc2cc(=O)c3cc(F)ccc3[nH]2)C[C@@H]1CCO. The van der Waals surface area contributed by atoms with Crippen molar-refractivity contribution < 1.29 is 9.50 Å². The number of pyridine rings is 1. The van der Waals surface area contributed by atoms with E-state index in [1.807, 2.05) is 0 Å². The van der Waals surface area contributed by atoms with E-state index in [-0.39, 0.29) is 48.8 Å². The summed E-state index contributed by atoms with van der Waals surface area (Å²) in [6, 6.07) is 5.74. The number of aliphatic hydroxyl groups excluding tert-OH is 1. The van der Waals surface area contributed by atoms with Gasteiger partial charge < -0.3 is 15.8 Å². The van der Waals surface area contributed by atoms with E-state index in [9.17, 15) is 9.18 Å². The summed E-state index contributed by atoms with van der Waals surface area (Å²) in [6.07, 6.45) is 0.700. The number of nitrogens with zero attached hydrogens (tertiary/aromatic N) is 1. The van der Waals surface area contributed by atoms with E-state index in [4.69, 9.17) is 10.8 Å². The van der Waals surface area contributed by atoms with E-state index in [2.05, 4.69) is 9.88 Å². The van der Waals surface area contributed by atoms with Gasteiger partial charge in [0.2, 0.25) is 0 Å². The zero-order chi connectivity index (χ0) is 15.7. The van der Waals surface area contributed by atoms with Crippen molar-refractivity contribution in [3.05, 3.63) is 46.0 Å². The van der Waals surface area contributed by atoms with Gasteiger partial charge in [0, 0.05) is 54.9 Å². The van der Waals surface area contributed by atoms with E-state index >= 15 is 0 Å². The number of halogens is 3. The van der Waals surface area contributed by atoms with Crippen LogP contribution >= 0.6 is 24.8 Å². The van der Waals surface area contributed by atoms with E-state index < -0.39 is 5.82 Å². The molecule has 0 saturated carbocycles. The average molecular weight is 378 g/mol. The van der Waals surface area contributed by atoms with Crippen LogP contribution in [0.5, 0.6) is 0 Å². The number of nitrogens with one attached hydrogen (secondary N) is 1. The molecule has 0 bridgehead atoms. The molecule has 134 valence electrons. The maximum Gasteiger partial charge on any atom is 0.189 e. The number of aromatic amines is 1. The molecule has 1 aliphatic rings. The molecule has 0 spiro atoms. The van der Waals surface area contributed by atoms with Gasteiger partial charge in [-0.3, -0.25) is 9.69 Å². The van der Waals surface area contributed by atoms with Crippen LogP contribution in [0.1, 0.15) is 12.1 Å². The fourth-order valence-corrected chi connectivity index (χ4v) is 3.19. The first-order valence-corrected chi connectivity index (χ1v) is 7.47. The molecule has 3 rings (SSSR count). The number of aromatic nitrogens is 1. The van der Waals surface area contributed by atoms with Crippen LogP contribution in [-0.4, -0.2) is 40.7 Å². The summed E-state index contributed by atoms with van der Waals surface area (Å²) in [5.41, 5.74) is 7.33. The fraction of sp³-hybridized carbons (Fsp3) is 0.438. The minimum Gasteiger partial charge on any atom is -0.396 e. The van der Waals surface area contributed by atoms with Crippen LogP contribution in [0.2, 0.25) is 0 Å². The summed E-state index contributed by atoms with van der Waals surface area (Å²) < 4.78 is 13.2. The highest BCUT2D eigenvalue weighted by Gasteiger charge is 2.29. The summed E-state index contributed by atoms with van der Waals surface area (Å²) in [7, 11) is 0. The molecule has 0 unspecified atom stereocenters. The number of nitrogens with two attached hydrogens (primary N) is 1. The van der Waals surface area contributed by atoms with Crippen LogP contribution in [0.3, 0.4) is 0 Å². The lowest BCUT2D eigenvalue weighted by Crippen LogP contribution is -2.30. The van der Waals surface area contributed by atoms with Gasteiger partial charge in [-0.15, -0.1) is 24.8 Å². The average Bonchev–Trinajstić information content (AvgIpc) is 2.80. The molecule has 0 amide bonds. The van der Waals surface area contributed by atoms with Crippen LogP contribution in [0.4, 0.5) is 4.39 Å². The largest absolute Gasteiger partial charge is 0.396 e. The molecular formula is C16H22Cl2FN3O2. The summed E-state index contributed by atoms with van der Waals surface area (Å²) in [5, 5.41) is 9.41. The smallest absolute Gasteiger partial charge is 0.189 e. The van der Waals surface area contributed by atoms with Gasteiger partial charge in [0.25, 0.3) is 0 Å². The Morgan fingerprint density at radius 3 is 2.75 bits per heavy atom. The summed E-state index contributed by atoms with van der Waals surface area (Å²) in [5.74, 6) is -0.130. The standard InChI is InChI=1S/C16H20FN3O2.2ClH/c17-11-1-2-15-13(5-11)16(22)6-12(19-15)8-20-7-10(3-4-21)14(18)9-20;;/h1-2,5-6,10,14,21H,3-4,7-9,18H2,(H,19,22);2*1H/t10-,14-;;/m0../s1. The molecule has 24 heavy (non-hydrogen) atoms. The molecule has 4 N–H and O–H groups in total.